The molecule has 0 radical (unpaired) electrons. The quantitative estimate of drug-likeness (QED) is 0.624. The second-order valence-electron chi connectivity index (χ2n) is 7.48. The largest absolute Gasteiger partial charge is 0.338 e. The van der Waals surface area contributed by atoms with Crippen LogP contribution in [0.5, 0.6) is 0 Å². The summed E-state index contributed by atoms with van der Waals surface area (Å²) in [6.07, 6.45) is 3.65. The van der Waals surface area contributed by atoms with Crippen molar-refractivity contribution < 1.29 is 4.79 Å². The number of nitrogens with zero attached hydrogens (tertiary/aromatic N) is 3. The molecule has 142 valence electrons. The first-order valence-electron chi connectivity index (χ1n) is 9.74. The highest BCUT2D eigenvalue weighted by molar-refractivity contribution is 6.00. The maximum absolute atomic E-state index is 13.3. The van der Waals surface area contributed by atoms with Gasteiger partial charge in [-0.3, -0.25) is 9.48 Å². The molecular weight excluding hydrogens is 346 g/mol. The van der Waals surface area contributed by atoms with Gasteiger partial charge in [-0.05, 0) is 25.3 Å². The molecule has 28 heavy (non-hydrogen) atoms. The Morgan fingerprint density at radius 1 is 1.04 bits per heavy atom. The van der Waals surface area contributed by atoms with Gasteiger partial charge in [-0.25, -0.2) is 0 Å². The molecule has 0 spiro atoms. The number of hydrogen-bond donors (Lipinski definition) is 0. The number of hydrogen-bond acceptors (Lipinski definition) is 2. The molecule has 4 rings (SSSR count). The molecule has 1 aliphatic heterocycles. The molecule has 1 fully saturated rings. The van der Waals surface area contributed by atoms with E-state index < -0.39 is 0 Å². The summed E-state index contributed by atoms with van der Waals surface area (Å²) in [6, 6.07) is 18.4. The van der Waals surface area contributed by atoms with Gasteiger partial charge in [0.05, 0.1) is 12.1 Å². The van der Waals surface area contributed by atoms with Crippen molar-refractivity contribution in [1.82, 2.24) is 14.7 Å². The molecular formula is C24H25N3O. The van der Waals surface area contributed by atoms with Crippen LogP contribution in [0.3, 0.4) is 0 Å². The Morgan fingerprint density at radius 3 is 2.39 bits per heavy atom. The summed E-state index contributed by atoms with van der Waals surface area (Å²) < 4.78 is 1.88. The van der Waals surface area contributed by atoms with E-state index in [0.29, 0.717) is 12.1 Å². The average molecular weight is 371 g/mol. The Bertz CT molecular complexity index is 976. The van der Waals surface area contributed by atoms with Gasteiger partial charge in [0, 0.05) is 24.8 Å². The molecule has 1 amide bonds. The van der Waals surface area contributed by atoms with E-state index in [2.05, 4.69) is 37.8 Å². The van der Waals surface area contributed by atoms with Crippen LogP contribution in [0.1, 0.15) is 34.3 Å². The lowest BCUT2D eigenvalue weighted by molar-refractivity contribution is 0.0744. The first-order chi connectivity index (χ1) is 13.6. The van der Waals surface area contributed by atoms with E-state index in [1.165, 1.54) is 11.1 Å². The van der Waals surface area contributed by atoms with E-state index in [9.17, 15) is 4.79 Å². The van der Waals surface area contributed by atoms with Crippen molar-refractivity contribution in [3.8, 4) is 11.3 Å². The number of aryl methyl sites for hydroxylation is 1. The van der Waals surface area contributed by atoms with Crippen LogP contribution in [0.25, 0.3) is 11.3 Å². The molecule has 0 N–H and O–H groups in total. The van der Waals surface area contributed by atoms with Gasteiger partial charge in [0.15, 0.2) is 0 Å². The van der Waals surface area contributed by atoms with Gasteiger partial charge in [-0.15, -0.1) is 0 Å². The SMILES string of the molecule is C=C1CCN(C(=O)c2cn(Cc3ccccc3)nc2-c2ccc(C)cc2)CC1. The monoisotopic (exact) mass is 371 g/mol. The fraction of sp³-hybridized carbons (Fsp3) is 0.250. The van der Waals surface area contributed by atoms with Crippen molar-refractivity contribution in [2.75, 3.05) is 13.1 Å². The predicted molar refractivity (Wildman–Crippen MR) is 112 cm³/mol. The highest BCUT2D eigenvalue weighted by Crippen LogP contribution is 2.26. The lowest BCUT2D eigenvalue weighted by Crippen LogP contribution is -2.36. The van der Waals surface area contributed by atoms with Gasteiger partial charge in [-0.2, -0.15) is 5.10 Å². The Morgan fingerprint density at radius 2 is 1.71 bits per heavy atom. The number of aromatic nitrogens is 2. The summed E-state index contributed by atoms with van der Waals surface area (Å²) >= 11 is 0. The molecule has 4 heteroatoms. The van der Waals surface area contributed by atoms with E-state index in [4.69, 9.17) is 5.10 Å². The molecule has 3 aromatic rings. The van der Waals surface area contributed by atoms with E-state index >= 15 is 0 Å². The summed E-state index contributed by atoms with van der Waals surface area (Å²) in [5, 5.41) is 4.79. The van der Waals surface area contributed by atoms with Crippen molar-refractivity contribution in [2.45, 2.75) is 26.3 Å². The van der Waals surface area contributed by atoms with E-state index in [1.807, 2.05) is 46.1 Å². The highest BCUT2D eigenvalue weighted by atomic mass is 16.2. The Kier molecular flexibility index (Phi) is 5.11. The predicted octanol–water partition coefficient (Wildman–Crippen LogP) is 4.70. The Balaban J connectivity index is 1.69. The molecule has 0 atom stereocenters. The van der Waals surface area contributed by atoms with Gasteiger partial charge < -0.3 is 4.90 Å². The van der Waals surface area contributed by atoms with E-state index in [1.54, 1.807) is 0 Å². The zero-order valence-electron chi connectivity index (χ0n) is 16.3. The lowest BCUT2D eigenvalue weighted by Gasteiger charge is -2.28. The zero-order chi connectivity index (χ0) is 19.5. The van der Waals surface area contributed by atoms with Crippen molar-refractivity contribution in [3.05, 3.63) is 89.6 Å². The third-order valence-corrected chi connectivity index (χ3v) is 5.26. The molecule has 0 unspecified atom stereocenters. The fourth-order valence-corrected chi connectivity index (χ4v) is 3.55. The van der Waals surface area contributed by atoms with Crippen LogP contribution < -0.4 is 0 Å². The minimum Gasteiger partial charge on any atom is -0.338 e. The zero-order valence-corrected chi connectivity index (χ0v) is 16.3. The van der Waals surface area contributed by atoms with Crippen LogP contribution in [0.15, 0.2) is 72.9 Å². The first-order valence-corrected chi connectivity index (χ1v) is 9.74. The number of carbonyl (C=O) groups is 1. The van der Waals surface area contributed by atoms with Crippen molar-refractivity contribution in [2.24, 2.45) is 0 Å². The molecule has 0 aliphatic carbocycles. The van der Waals surface area contributed by atoms with E-state index in [0.717, 1.165) is 42.8 Å². The third-order valence-electron chi connectivity index (χ3n) is 5.26. The summed E-state index contributed by atoms with van der Waals surface area (Å²) in [5.74, 6) is 0.0578. The topological polar surface area (TPSA) is 38.1 Å². The summed E-state index contributed by atoms with van der Waals surface area (Å²) in [5.41, 5.74) is 5.98. The minimum absolute atomic E-state index is 0.0578. The molecule has 2 heterocycles. The van der Waals surface area contributed by atoms with Gasteiger partial charge in [0.25, 0.3) is 5.91 Å². The number of likely N-dealkylation sites (tertiary alicyclic amines) is 1. The molecule has 1 aliphatic rings. The third kappa shape index (κ3) is 3.91. The van der Waals surface area contributed by atoms with Crippen LogP contribution in [-0.2, 0) is 6.54 Å². The van der Waals surface area contributed by atoms with Crippen LogP contribution >= 0.6 is 0 Å². The van der Waals surface area contributed by atoms with Crippen molar-refractivity contribution in [3.63, 3.8) is 0 Å². The lowest BCUT2D eigenvalue weighted by atomic mass is 10.0. The van der Waals surface area contributed by atoms with Crippen LogP contribution in [0.4, 0.5) is 0 Å². The molecule has 1 aromatic heterocycles. The summed E-state index contributed by atoms with van der Waals surface area (Å²) in [6.45, 7) is 8.22. The maximum Gasteiger partial charge on any atom is 0.257 e. The Hall–Kier alpha value is -3.14. The van der Waals surface area contributed by atoms with Gasteiger partial charge in [0.1, 0.15) is 5.69 Å². The van der Waals surface area contributed by atoms with Gasteiger partial charge >= 0.3 is 0 Å². The van der Waals surface area contributed by atoms with Crippen molar-refractivity contribution in [1.29, 1.82) is 0 Å². The maximum atomic E-state index is 13.3. The number of amides is 1. The molecule has 0 bridgehead atoms. The smallest absolute Gasteiger partial charge is 0.257 e. The summed E-state index contributed by atoms with van der Waals surface area (Å²) in [4.78, 5) is 15.2. The second-order valence-corrected chi connectivity index (χ2v) is 7.48. The van der Waals surface area contributed by atoms with Crippen LogP contribution in [-0.4, -0.2) is 33.7 Å². The molecule has 0 saturated carbocycles. The van der Waals surface area contributed by atoms with E-state index in [-0.39, 0.29) is 5.91 Å². The number of carbonyl (C=O) groups excluding carboxylic acids is 1. The first kappa shape index (κ1) is 18.2. The standard InChI is InChI=1S/C24H25N3O/c1-18-8-10-21(11-9-18)23-22(24(28)26-14-12-19(2)13-15-26)17-27(25-23)16-20-6-4-3-5-7-20/h3-11,17H,2,12-16H2,1H3. The molecule has 2 aromatic carbocycles. The second kappa shape index (κ2) is 7.85. The van der Waals surface area contributed by atoms with Crippen LogP contribution in [0.2, 0.25) is 0 Å². The molecule has 4 nitrogen and oxygen atoms in total. The highest BCUT2D eigenvalue weighted by Gasteiger charge is 2.25. The average Bonchev–Trinajstić information content (AvgIpc) is 3.13. The summed E-state index contributed by atoms with van der Waals surface area (Å²) in [7, 11) is 0. The Labute approximate surface area is 166 Å². The van der Waals surface area contributed by atoms with Crippen LogP contribution in [0, 0.1) is 6.92 Å². The van der Waals surface area contributed by atoms with Gasteiger partial charge in [0.2, 0.25) is 0 Å². The van der Waals surface area contributed by atoms with Crippen molar-refractivity contribution >= 4 is 5.91 Å². The normalized spacial score (nSPS) is 14.3. The molecule has 1 saturated heterocycles. The number of piperidine rings is 1. The number of rotatable bonds is 4. The van der Waals surface area contributed by atoms with Gasteiger partial charge in [-0.1, -0.05) is 72.3 Å². The number of benzene rings is 2. The fourth-order valence-electron chi connectivity index (χ4n) is 3.55. The minimum atomic E-state index is 0.0578.